The van der Waals surface area contributed by atoms with Gasteiger partial charge in [-0.3, -0.25) is 4.79 Å². The Labute approximate surface area is 125 Å². The van der Waals surface area contributed by atoms with Crippen LogP contribution < -0.4 is 11.1 Å². The molecule has 0 heterocycles. The summed E-state index contributed by atoms with van der Waals surface area (Å²) < 4.78 is 0. The van der Waals surface area contributed by atoms with E-state index in [9.17, 15) is 4.79 Å². The van der Waals surface area contributed by atoms with E-state index in [1.807, 2.05) is 0 Å². The second kappa shape index (κ2) is 9.38. The minimum Gasteiger partial charge on any atom is -0.368 e. The van der Waals surface area contributed by atoms with Crippen LogP contribution in [-0.2, 0) is 4.79 Å². The monoisotopic (exact) mass is 282 g/mol. The van der Waals surface area contributed by atoms with Gasteiger partial charge in [-0.1, -0.05) is 64.7 Å². The van der Waals surface area contributed by atoms with Gasteiger partial charge in [-0.05, 0) is 26.2 Å². The summed E-state index contributed by atoms with van der Waals surface area (Å²) >= 11 is 0. The summed E-state index contributed by atoms with van der Waals surface area (Å²) in [7, 11) is 0. The van der Waals surface area contributed by atoms with Gasteiger partial charge in [-0.2, -0.15) is 0 Å². The van der Waals surface area contributed by atoms with Gasteiger partial charge in [-0.15, -0.1) is 0 Å². The molecule has 1 amide bonds. The molecule has 1 rings (SSSR count). The Bertz CT molecular complexity index is 266. The molecule has 20 heavy (non-hydrogen) atoms. The Morgan fingerprint density at radius 1 is 1.00 bits per heavy atom. The van der Waals surface area contributed by atoms with Crippen molar-refractivity contribution >= 4 is 5.91 Å². The van der Waals surface area contributed by atoms with Crippen molar-refractivity contribution in [3.63, 3.8) is 0 Å². The van der Waals surface area contributed by atoms with Crippen molar-refractivity contribution in [3.8, 4) is 0 Å². The Hall–Kier alpha value is -0.570. The molecule has 0 aliphatic heterocycles. The number of amides is 1. The third kappa shape index (κ3) is 5.82. The molecule has 1 atom stereocenters. The number of primary amides is 1. The molecule has 0 aromatic rings. The topological polar surface area (TPSA) is 55.1 Å². The third-order valence-electron chi connectivity index (χ3n) is 4.81. The second-order valence-electron chi connectivity index (χ2n) is 6.58. The van der Waals surface area contributed by atoms with Crippen molar-refractivity contribution in [2.24, 2.45) is 5.73 Å². The molecule has 118 valence electrons. The summed E-state index contributed by atoms with van der Waals surface area (Å²) in [6.45, 7) is 4.31. The molecule has 0 bridgehead atoms. The minimum absolute atomic E-state index is 0.144. The van der Waals surface area contributed by atoms with Crippen LogP contribution in [0, 0.1) is 0 Å². The lowest BCUT2D eigenvalue weighted by Crippen LogP contribution is -2.58. The zero-order valence-electron chi connectivity index (χ0n) is 13.5. The average Bonchev–Trinajstić information content (AvgIpc) is 2.41. The lowest BCUT2D eigenvalue weighted by atomic mass is 9.84. The quantitative estimate of drug-likeness (QED) is 0.821. The van der Waals surface area contributed by atoms with Gasteiger partial charge in [-0.25, -0.2) is 0 Å². The molecule has 1 aliphatic rings. The van der Waals surface area contributed by atoms with Crippen molar-refractivity contribution in [3.05, 3.63) is 0 Å². The number of nitrogens with one attached hydrogen (secondary N) is 1. The van der Waals surface area contributed by atoms with Gasteiger partial charge in [0.1, 0.15) is 0 Å². The van der Waals surface area contributed by atoms with Gasteiger partial charge in [0.05, 0.1) is 5.54 Å². The fraction of sp³-hybridized carbons (Fsp3) is 0.941. The van der Waals surface area contributed by atoms with Crippen LogP contribution in [0.3, 0.4) is 0 Å². The Morgan fingerprint density at radius 2 is 1.40 bits per heavy atom. The molecule has 1 saturated carbocycles. The average molecular weight is 282 g/mol. The van der Waals surface area contributed by atoms with Gasteiger partial charge >= 0.3 is 0 Å². The van der Waals surface area contributed by atoms with E-state index in [1.165, 1.54) is 44.9 Å². The van der Waals surface area contributed by atoms with E-state index in [-0.39, 0.29) is 5.91 Å². The molecule has 1 fully saturated rings. The van der Waals surface area contributed by atoms with Crippen molar-refractivity contribution in [1.29, 1.82) is 0 Å². The zero-order valence-corrected chi connectivity index (χ0v) is 13.5. The van der Waals surface area contributed by atoms with Gasteiger partial charge < -0.3 is 11.1 Å². The summed E-state index contributed by atoms with van der Waals surface area (Å²) in [5.41, 5.74) is 5.32. The first-order valence-electron chi connectivity index (χ1n) is 8.68. The third-order valence-corrected chi connectivity index (χ3v) is 4.81. The molecule has 0 spiro atoms. The zero-order chi connectivity index (χ0) is 14.8. The highest BCUT2D eigenvalue weighted by molar-refractivity contribution is 5.84. The molecule has 3 heteroatoms. The Kier molecular flexibility index (Phi) is 8.20. The summed E-state index contributed by atoms with van der Waals surface area (Å²) in [6.07, 6.45) is 14.2. The predicted octanol–water partition coefficient (Wildman–Crippen LogP) is 3.90. The van der Waals surface area contributed by atoms with Gasteiger partial charge in [0.2, 0.25) is 5.91 Å². The number of hydrogen-bond donors (Lipinski definition) is 2. The Balaban J connectivity index is 2.69. The van der Waals surface area contributed by atoms with Gasteiger partial charge in [0, 0.05) is 6.04 Å². The molecule has 1 aliphatic carbocycles. The lowest BCUT2D eigenvalue weighted by Gasteiger charge is -2.35. The van der Waals surface area contributed by atoms with E-state index in [2.05, 4.69) is 19.2 Å². The normalized spacial score (nSPS) is 23.3. The van der Waals surface area contributed by atoms with Crippen LogP contribution in [0.5, 0.6) is 0 Å². The fourth-order valence-electron chi connectivity index (χ4n) is 3.25. The van der Waals surface area contributed by atoms with E-state index in [0.29, 0.717) is 6.04 Å². The molecule has 0 saturated heterocycles. The van der Waals surface area contributed by atoms with Crippen LogP contribution in [0.4, 0.5) is 0 Å². The molecule has 0 aromatic carbocycles. The van der Waals surface area contributed by atoms with E-state index in [1.54, 1.807) is 0 Å². The van der Waals surface area contributed by atoms with Crippen LogP contribution in [0.25, 0.3) is 0 Å². The van der Waals surface area contributed by atoms with Gasteiger partial charge in [0.25, 0.3) is 0 Å². The highest BCUT2D eigenvalue weighted by Gasteiger charge is 2.36. The highest BCUT2D eigenvalue weighted by atomic mass is 16.1. The molecule has 3 N–H and O–H groups in total. The summed E-state index contributed by atoms with van der Waals surface area (Å²) in [5.74, 6) is -0.144. The van der Waals surface area contributed by atoms with Crippen LogP contribution in [0.1, 0.15) is 90.9 Å². The Morgan fingerprint density at radius 3 is 1.75 bits per heavy atom. The SMILES string of the molecule is CCC(C)NC1(C(N)=O)CCCCCCCCCCC1. The van der Waals surface area contributed by atoms with Crippen molar-refractivity contribution < 1.29 is 4.79 Å². The number of carbonyl (C=O) groups is 1. The second-order valence-corrected chi connectivity index (χ2v) is 6.58. The van der Waals surface area contributed by atoms with E-state index >= 15 is 0 Å². The first kappa shape index (κ1) is 17.5. The molecule has 0 radical (unpaired) electrons. The lowest BCUT2D eigenvalue weighted by molar-refractivity contribution is -0.125. The standard InChI is InChI=1S/C17H34N2O/c1-3-15(2)19-17(16(18)20)13-11-9-7-5-4-6-8-10-12-14-17/h15,19H,3-14H2,1-2H3,(H2,18,20). The molecular formula is C17H34N2O. The van der Waals surface area contributed by atoms with Crippen LogP contribution in [-0.4, -0.2) is 17.5 Å². The number of carbonyl (C=O) groups excluding carboxylic acids is 1. The maximum Gasteiger partial charge on any atom is 0.237 e. The largest absolute Gasteiger partial charge is 0.368 e. The van der Waals surface area contributed by atoms with Crippen LogP contribution in [0.2, 0.25) is 0 Å². The number of rotatable bonds is 4. The summed E-state index contributed by atoms with van der Waals surface area (Å²) in [6, 6.07) is 0.357. The fourth-order valence-corrected chi connectivity index (χ4v) is 3.25. The molecule has 1 unspecified atom stereocenters. The first-order valence-corrected chi connectivity index (χ1v) is 8.68. The van der Waals surface area contributed by atoms with E-state index in [0.717, 1.165) is 32.1 Å². The summed E-state index contributed by atoms with van der Waals surface area (Å²) in [4.78, 5) is 12.1. The van der Waals surface area contributed by atoms with E-state index in [4.69, 9.17) is 5.73 Å². The van der Waals surface area contributed by atoms with Crippen molar-refractivity contribution in [2.75, 3.05) is 0 Å². The summed E-state index contributed by atoms with van der Waals surface area (Å²) in [5, 5.41) is 3.56. The minimum atomic E-state index is -0.464. The van der Waals surface area contributed by atoms with Crippen LogP contribution >= 0.6 is 0 Å². The maximum atomic E-state index is 12.1. The van der Waals surface area contributed by atoms with Crippen LogP contribution in [0.15, 0.2) is 0 Å². The predicted molar refractivity (Wildman–Crippen MR) is 85.6 cm³/mol. The first-order chi connectivity index (χ1) is 9.60. The van der Waals surface area contributed by atoms with Crippen molar-refractivity contribution in [2.45, 2.75) is 102 Å². The maximum absolute atomic E-state index is 12.1. The van der Waals surface area contributed by atoms with Gasteiger partial charge in [0.15, 0.2) is 0 Å². The number of hydrogen-bond acceptors (Lipinski definition) is 2. The van der Waals surface area contributed by atoms with Crippen molar-refractivity contribution in [1.82, 2.24) is 5.32 Å². The smallest absolute Gasteiger partial charge is 0.237 e. The van der Waals surface area contributed by atoms with E-state index < -0.39 is 5.54 Å². The number of nitrogens with two attached hydrogens (primary N) is 1. The molecule has 3 nitrogen and oxygen atoms in total. The molecule has 0 aromatic heterocycles. The highest BCUT2D eigenvalue weighted by Crippen LogP contribution is 2.25. The molecular weight excluding hydrogens is 248 g/mol.